The van der Waals surface area contributed by atoms with Crippen LogP contribution in [-0.4, -0.2) is 36.1 Å². The number of nitrogens with two attached hydrogens (primary N) is 1. The first kappa shape index (κ1) is 10.2. The Morgan fingerprint density at radius 1 is 1.53 bits per heavy atom. The molecule has 0 aromatic carbocycles. The summed E-state index contributed by atoms with van der Waals surface area (Å²) in [6.07, 6.45) is 4.29. The average molecular weight is 206 g/mol. The fraction of sp³-hybridized carbons (Fsp3) is 0.545. The predicted octanol–water partition coefficient (Wildman–Crippen LogP) is 1.17. The summed E-state index contributed by atoms with van der Waals surface area (Å²) in [5.74, 6) is 0.571. The van der Waals surface area contributed by atoms with E-state index in [0.717, 1.165) is 12.2 Å². The summed E-state index contributed by atoms with van der Waals surface area (Å²) in [6, 6.07) is 4.35. The highest BCUT2D eigenvalue weighted by Gasteiger charge is 2.16. The SMILES string of the molecule is CN1CCCC(Nc2ccc(N)nc2)C1. The first-order valence-corrected chi connectivity index (χ1v) is 5.40. The number of piperidine rings is 1. The van der Waals surface area contributed by atoms with Crippen LogP contribution < -0.4 is 11.1 Å². The van der Waals surface area contributed by atoms with Gasteiger partial charge in [0.25, 0.3) is 0 Å². The van der Waals surface area contributed by atoms with E-state index in [2.05, 4.69) is 22.2 Å². The molecule has 4 nitrogen and oxygen atoms in total. The largest absolute Gasteiger partial charge is 0.384 e. The molecule has 1 fully saturated rings. The van der Waals surface area contributed by atoms with Crippen molar-refractivity contribution in [1.29, 1.82) is 0 Å². The van der Waals surface area contributed by atoms with E-state index in [0.29, 0.717) is 11.9 Å². The number of anilines is 2. The molecule has 0 saturated carbocycles. The van der Waals surface area contributed by atoms with Crippen molar-refractivity contribution in [2.24, 2.45) is 0 Å². The molecule has 0 spiro atoms. The zero-order valence-electron chi connectivity index (χ0n) is 9.11. The van der Waals surface area contributed by atoms with Gasteiger partial charge >= 0.3 is 0 Å². The molecule has 3 N–H and O–H groups in total. The van der Waals surface area contributed by atoms with E-state index in [1.165, 1.54) is 19.4 Å². The molecule has 1 unspecified atom stereocenters. The van der Waals surface area contributed by atoms with Gasteiger partial charge in [0, 0.05) is 12.6 Å². The van der Waals surface area contributed by atoms with Crippen LogP contribution in [0, 0.1) is 0 Å². The molecule has 2 heterocycles. The number of nitrogens with zero attached hydrogens (tertiary/aromatic N) is 2. The lowest BCUT2D eigenvalue weighted by Crippen LogP contribution is -2.39. The van der Waals surface area contributed by atoms with Crippen molar-refractivity contribution in [3.63, 3.8) is 0 Å². The van der Waals surface area contributed by atoms with Gasteiger partial charge in [0.2, 0.25) is 0 Å². The Kier molecular flexibility index (Phi) is 3.06. The van der Waals surface area contributed by atoms with Gasteiger partial charge in [0.05, 0.1) is 11.9 Å². The fourth-order valence-electron chi connectivity index (χ4n) is 2.01. The molecule has 2 rings (SSSR count). The van der Waals surface area contributed by atoms with Gasteiger partial charge in [0.1, 0.15) is 5.82 Å². The molecule has 0 bridgehead atoms. The standard InChI is InChI=1S/C11H18N4/c1-15-6-2-3-10(8-15)14-9-4-5-11(12)13-7-9/h4-5,7,10,14H,2-3,6,8H2,1H3,(H2,12,13). The van der Waals surface area contributed by atoms with E-state index >= 15 is 0 Å². The summed E-state index contributed by atoms with van der Waals surface area (Å²) >= 11 is 0. The van der Waals surface area contributed by atoms with E-state index in [1.807, 2.05) is 12.1 Å². The maximum absolute atomic E-state index is 5.53. The minimum Gasteiger partial charge on any atom is -0.384 e. The molecular formula is C11H18N4. The van der Waals surface area contributed by atoms with Crippen LogP contribution in [0.15, 0.2) is 18.3 Å². The zero-order valence-corrected chi connectivity index (χ0v) is 9.11. The third kappa shape index (κ3) is 2.83. The number of nitrogen functional groups attached to an aromatic ring is 1. The molecule has 1 aromatic rings. The van der Waals surface area contributed by atoms with Crippen LogP contribution in [0.1, 0.15) is 12.8 Å². The third-order valence-corrected chi connectivity index (χ3v) is 2.78. The number of pyridine rings is 1. The van der Waals surface area contributed by atoms with Crippen molar-refractivity contribution in [3.8, 4) is 0 Å². The topological polar surface area (TPSA) is 54.2 Å². The molecule has 1 saturated heterocycles. The summed E-state index contributed by atoms with van der Waals surface area (Å²) in [7, 11) is 2.16. The molecule has 4 heteroatoms. The molecular weight excluding hydrogens is 188 g/mol. The number of nitrogens with one attached hydrogen (secondary N) is 1. The van der Waals surface area contributed by atoms with Crippen molar-refractivity contribution in [1.82, 2.24) is 9.88 Å². The van der Waals surface area contributed by atoms with Crippen LogP contribution in [0.4, 0.5) is 11.5 Å². The minimum absolute atomic E-state index is 0.536. The Bertz CT molecular complexity index is 309. The number of likely N-dealkylation sites (N-methyl/N-ethyl adjacent to an activating group) is 1. The van der Waals surface area contributed by atoms with Gasteiger partial charge in [-0.1, -0.05) is 0 Å². The molecule has 0 radical (unpaired) electrons. The van der Waals surface area contributed by atoms with Crippen molar-refractivity contribution in [2.45, 2.75) is 18.9 Å². The first-order valence-electron chi connectivity index (χ1n) is 5.40. The van der Waals surface area contributed by atoms with Crippen LogP contribution in [0.25, 0.3) is 0 Å². The number of aromatic nitrogens is 1. The molecule has 1 atom stereocenters. The van der Waals surface area contributed by atoms with Gasteiger partial charge < -0.3 is 16.0 Å². The summed E-state index contributed by atoms with van der Waals surface area (Å²) < 4.78 is 0. The lowest BCUT2D eigenvalue weighted by atomic mass is 10.1. The molecule has 1 aliphatic heterocycles. The molecule has 0 amide bonds. The maximum atomic E-state index is 5.53. The highest BCUT2D eigenvalue weighted by molar-refractivity contribution is 5.46. The predicted molar refractivity (Wildman–Crippen MR) is 62.8 cm³/mol. The maximum Gasteiger partial charge on any atom is 0.123 e. The van der Waals surface area contributed by atoms with Crippen LogP contribution in [0.5, 0.6) is 0 Å². The lowest BCUT2D eigenvalue weighted by molar-refractivity contribution is 0.261. The van der Waals surface area contributed by atoms with Crippen LogP contribution in [0.2, 0.25) is 0 Å². The highest BCUT2D eigenvalue weighted by atomic mass is 15.1. The normalized spacial score (nSPS) is 22.6. The Morgan fingerprint density at radius 2 is 2.40 bits per heavy atom. The van der Waals surface area contributed by atoms with Crippen molar-refractivity contribution in [3.05, 3.63) is 18.3 Å². The van der Waals surface area contributed by atoms with Crippen LogP contribution >= 0.6 is 0 Å². The molecule has 0 aliphatic carbocycles. The smallest absolute Gasteiger partial charge is 0.123 e. The second-order valence-electron chi connectivity index (χ2n) is 4.22. The monoisotopic (exact) mass is 206 g/mol. The van der Waals surface area contributed by atoms with Gasteiger partial charge in [-0.15, -0.1) is 0 Å². The average Bonchev–Trinajstić information content (AvgIpc) is 2.22. The van der Waals surface area contributed by atoms with E-state index in [1.54, 1.807) is 6.20 Å². The summed E-state index contributed by atoms with van der Waals surface area (Å²) in [5, 5.41) is 3.48. The molecule has 82 valence electrons. The second-order valence-corrected chi connectivity index (χ2v) is 4.22. The highest BCUT2D eigenvalue weighted by Crippen LogP contribution is 2.14. The van der Waals surface area contributed by atoms with E-state index in [-0.39, 0.29) is 0 Å². The van der Waals surface area contributed by atoms with E-state index in [9.17, 15) is 0 Å². The first-order chi connectivity index (χ1) is 7.24. The molecule has 15 heavy (non-hydrogen) atoms. The van der Waals surface area contributed by atoms with Crippen molar-refractivity contribution in [2.75, 3.05) is 31.2 Å². The minimum atomic E-state index is 0.536. The third-order valence-electron chi connectivity index (χ3n) is 2.78. The Balaban J connectivity index is 1.93. The number of hydrogen-bond acceptors (Lipinski definition) is 4. The lowest BCUT2D eigenvalue weighted by Gasteiger charge is -2.30. The Morgan fingerprint density at radius 3 is 3.07 bits per heavy atom. The summed E-state index contributed by atoms with van der Waals surface area (Å²) in [6.45, 7) is 2.31. The van der Waals surface area contributed by atoms with Gasteiger partial charge in [-0.25, -0.2) is 4.98 Å². The number of hydrogen-bond donors (Lipinski definition) is 2. The van der Waals surface area contributed by atoms with Crippen LogP contribution in [0.3, 0.4) is 0 Å². The van der Waals surface area contributed by atoms with Gasteiger partial charge in [-0.3, -0.25) is 0 Å². The summed E-state index contributed by atoms with van der Waals surface area (Å²) in [4.78, 5) is 6.42. The Labute approximate surface area is 90.5 Å². The van der Waals surface area contributed by atoms with Gasteiger partial charge in [-0.05, 0) is 38.6 Å². The van der Waals surface area contributed by atoms with Crippen molar-refractivity contribution >= 4 is 11.5 Å². The van der Waals surface area contributed by atoms with Crippen molar-refractivity contribution < 1.29 is 0 Å². The van der Waals surface area contributed by atoms with Crippen LogP contribution in [-0.2, 0) is 0 Å². The van der Waals surface area contributed by atoms with Gasteiger partial charge in [0.15, 0.2) is 0 Å². The Hall–Kier alpha value is -1.29. The van der Waals surface area contributed by atoms with E-state index < -0.39 is 0 Å². The fourth-order valence-corrected chi connectivity index (χ4v) is 2.01. The van der Waals surface area contributed by atoms with E-state index in [4.69, 9.17) is 5.73 Å². The number of rotatable bonds is 2. The zero-order chi connectivity index (χ0) is 10.7. The molecule has 1 aromatic heterocycles. The quantitative estimate of drug-likeness (QED) is 0.762. The van der Waals surface area contributed by atoms with Gasteiger partial charge in [-0.2, -0.15) is 0 Å². The number of likely N-dealkylation sites (tertiary alicyclic amines) is 1. The summed E-state index contributed by atoms with van der Waals surface area (Å²) in [5.41, 5.74) is 6.59. The molecule has 1 aliphatic rings. The second kappa shape index (κ2) is 4.49.